The summed E-state index contributed by atoms with van der Waals surface area (Å²) in [7, 11) is 0. The molecule has 1 heteroatoms. The molecule has 1 unspecified atom stereocenters. The molecule has 0 saturated carbocycles. The largest absolute Gasteiger partial charge is 0.393 e. The highest BCUT2D eigenvalue weighted by Crippen LogP contribution is 2.15. The standard InChI is InChI=1S/C13H24O/c1-4-7-8-9-10-12(5-2)11-13(14)6-3/h13-14H,2,4,6-11H2,1,3H3. The van der Waals surface area contributed by atoms with E-state index in [0.717, 1.165) is 19.3 Å². The predicted octanol–water partition coefficient (Wildman–Crippen LogP) is 3.83. The summed E-state index contributed by atoms with van der Waals surface area (Å²) in [5.41, 5.74) is 4.14. The first-order chi connectivity index (χ1) is 6.74. The molecule has 0 saturated heterocycles. The van der Waals surface area contributed by atoms with Gasteiger partial charge in [-0.2, -0.15) is 0 Å². The molecule has 0 aliphatic rings. The minimum Gasteiger partial charge on any atom is -0.393 e. The van der Waals surface area contributed by atoms with Crippen molar-refractivity contribution in [1.29, 1.82) is 0 Å². The van der Waals surface area contributed by atoms with E-state index in [1.165, 1.54) is 31.3 Å². The van der Waals surface area contributed by atoms with Crippen molar-refractivity contribution in [3.05, 3.63) is 17.9 Å². The van der Waals surface area contributed by atoms with E-state index in [2.05, 4.69) is 19.2 Å². The van der Waals surface area contributed by atoms with E-state index in [0.29, 0.717) is 0 Å². The molecule has 1 atom stereocenters. The number of aliphatic hydroxyl groups excluding tert-OH is 1. The molecule has 0 fully saturated rings. The molecule has 82 valence electrons. The van der Waals surface area contributed by atoms with Gasteiger partial charge in [0.25, 0.3) is 0 Å². The molecule has 14 heavy (non-hydrogen) atoms. The number of hydrogen-bond acceptors (Lipinski definition) is 1. The molecule has 1 N–H and O–H groups in total. The zero-order chi connectivity index (χ0) is 10.8. The third-order valence-electron chi connectivity index (χ3n) is 2.54. The Morgan fingerprint density at radius 3 is 2.50 bits per heavy atom. The molecular formula is C13H24O. The lowest BCUT2D eigenvalue weighted by molar-refractivity contribution is 0.169. The van der Waals surface area contributed by atoms with Gasteiger partial charge in [-0.05, 0) is 24.8 Å². The molecule has 0 aliphatic carbocycles. The van der Waals surface area contributed by atoms with Crippen LogP contribution < -0.4 is 0 Å². The summed E-state index contributed by atoms with van der Waals surface area (Å²) in [6.45, 7) is 7.89. The minimum atomic E-state index is -0.203. The van der Waals surface area contributed by atoms with Crippen molar-refractivity contribution in [3.63, 3.8) is 0 Å². The van der Waals surface area contributed by atoms with Gasteiger partial charge in [0.1, 0.15) is 0 Å². The van der Waals surface area contributed by atoms with Gasteiger partial charge in [-0.25, -0.2) is 0 Å². The van der Waals surface area contributed by atoms with E-state index in [1.54, 1.807) is 0 Å². The molecule has 0 rings (SSSR count). The Labute approximate surface area is 88.5 Å². The van der Waals surface area contributed by atoms with E-state index in [9.17, 15) is 5.11 Å². The highest BCUT2D eigenvalue weighted by molar-refractivity contribution is 5.00. The maximum absolute atomic E-state index is 9.47. The summed E-state index contributed by atoms with van der Waals surface area (Å²) < 4.78 is 0. The van der Waals surface area contributed by atoms with Crippen molar-refractivity contribution in [2.75, 3.05) is 0 Å². The zero-order valence-electron chi connectivity index (χ0n) is 9.68. The molecule has 0 aromatic carbocycles. The quantitative estimate of drug-likeness (QED) is 0.462. The smallest absolute Gasteiger partial charge is 0.0580 e. The monoisotopic (exact) mass is 196 g/mol. The highest BCUT2D eigenvalue weighted by Gasteiger charge is 2.04. The van der Waals surface area contributed by atoms with E-state index < -0.39 is 0 Å². The van der Waals surface area contributed by atoms with Crippen LogP contribution in [0, 0.1) is 0 Å². The van der Waals surface area contributed by atoms with E-state index in [4.69, 9.17) is 0 Å². The molecule has 0 heterocycles. The fourth-order valence-electron chi connectivity index (χ4n) is 1.46. The summed E-state index contributed by atoms with van der Waals surface area (Å²) in [5.74, 6) is 0. The van der Waals surface area contributed by atoms with Crippen molar-refractivity contribution in [3.8, 4) is 0 Å². The minimum absolute atomic E-state index is 0.203. The van der Waals surface area contributed by atoms with Crippen LogP contribution in [0.3, 0.4) is 0 Å². The van der Waals surface area contributed by atoms with E-state index >= 15 is 0 Å². The van der Waals surface area contributed by atoms with Crippen LogP contribution in [0.2, 0.25) is 0 Å². The second kappa shape index (κ2) is 9.05. The van der Waals surface area contributed by atoms with Crippen LogP contribution >= 0.6 is 0 Å². The molecular weight excluding hydrogens is 172 g/mol. The Balaban J connectivity index is 3.65. The predicted molar refractivity (Wildman–Crippen MR) is 62.3 cm³/mol. The van der Waals surface area contributed by atoms with Crippen molar-refractivity contribution in [1.82, 2.24) is 0 Å². The highest BCUT2D eigenvalue weighted by atomic mass is 16.3. The molecule has 0 amide bonds. The van der Waals surface area contributed by atoms with Gasteiger partial charge in [0.15, 0.2) is 0 Å². The number of rotatable bonds is 8. The molecule has 0 spiro atoms. The summed E-state index contributed by atoms with van der Waals surface area (Å²) in [6, 6.07) is 0. The summed E-state index contributed by atoms with van der Waals surface area (Å²) in [6.07, 6.45) is 7.50. The van der Waals surface area contributed by atoms with Crippen LogP contribution in [-0.2, 0) is 0 Å². The van der Waals surface area contributed by atoms with Crippen LogP contribution in [0.1, 0.15) is 58.8 Å². The fourth-order valence-corrected chi connectivity index (χ4v) is 1.46. The van der Waals surface area contributed by atoms with Gasteiger partial charge in [0.05, 0.1) is 6.10 Å². The van der Waals surface area contributed by atoms with Crippen LogP contribution in [0.4, 0.5) is 0 Å². The van der Waals surface area contributed by atoms with Gasteiger partial charge >= 0.3 is 0 Å². The average Bonchev–Trinajstić information content (AvgIpc) is 2.22. The van der Waals surface area contributed by atoms with Gasteiger partial charge in [0.2, 0.25) is 0 Å². The molecule has 1 nitrogen and oxygen atoms in total. The third kappa shape index (κ3) is 6.94. The maximum atomic E-state index is 9.47. The molecule has 0 aliphatic heterocycles. The SMILES string of the molecule is C=C=C(CCCCCC)CC(O)CC. The topological polar surface area (TPSA) is 20.2 Å². The Bertz CT molecular complexity index is 178. The van der Waals surface area contributed by atoms with Crippen LogP contribution in [-0.4, -0.2) is 11.2 Å². The second-order valence-corrected chi connectivity index (χ2v) is 3.86. The summed E-state index contributed by atoms with van der Waals surface area (Å²) in [5, 5.41) is 9.47. The lowest BCUT2D eigenvalue weighted by Gasteiger charge is -2.09. The lowest BCUT2D eigenvalue weighted by Crippen LogP contribution is -2.05. The first-order valence-corrected chi connectivity index (χ1v) is 5.80. The molecule has 0 bridgehead atoms. The Morgan fingerprint density at radius 1 is 1.29 bits per heavy atom. The lowest BCUT2D eigenvalue weighted by atomic mass is 10.0. The Kier molecular flexibility index (Phi) is 8.72. The normalized spacial score (nSPS) is 12.2. The molecule has 0 aromatic heterocycles. The van der Waals surface area contributed by atoms with Gasteiger partial charge in [-0.3, -0.25) is 0 Å². The zero-order valence-corrected chi connectivity index (χ0v) is 9.68. The number of hydrogen-bond donors (Lipinski definition) is 1. The van der Waals surface area contributed by atoms with Crippen molar-refractivity contribution in [2.45, 2.75) is 64.9 Å². The van der Waals surface area contributed by atoms with E-state index in [-0.39, 0.29) is 6.10 Å². The number of unbranched alkanes of at least 4 members (excludes halogenated alkanes) is 3. The molecule has 0 aromatic rings. The van der Waals surface area contributed by atoms with Crippen LogP contribution in [0.25, 0.3) is 0 Å². The summed E-state index contributed by atoms with van der Waals surface area (Å²) >= 11 is 0. The van der Waals surface area contributed by atoms with E-state index in [1.807, 2.05) is 6.92 Å². The van der Waals surface area contributed by atoms with Crippen molar-refractivity contribution in [2.24, 2.45) is 0 Å². The first-order valence-electron chi connectivity index (χ1n) is 5.80. The maximum Gasteiger partial charge on any atom is 0.0580 e. The second-order valence-electron chi connectivity index (χ2n) is 3.86. The third-order valence-corrected chi connectivity index (χ3v) is 2.54. The molecule has 0 radical (unpaired) electrons. The van der Waals surface area contributed by atoms with Gasteiger partial charge in [-0.15, -0.1) is 5.73 Å². The summed E-state index contributed by atoms with van der Waals surface area (Å²) in [4.78, 5) is 0. The van der Waals surface area contributed by atoms with Gasteiger partial charge in [0, 0.05) is 6.42 Å². The van der Waals surface area contributed by atoms with Crippen LogP contribution in [0.15, 0.2) is 17.9 Å². The fraction of sp³-hybridized carbons (Fsp3) is 0.769. The van der Waals surface area contributed by atoms with Crippen molar-refractivity contribution >= 4 is 0 Å². The first kappa shape index (κ1) is 13.5. The number of aliphatic hydroxyl groups is 1. The Hall–Kier alpha value is -0.520. The van der Waals surface area contributed by atoms with Gasteiger partial charge in [-0.1, -0.05) is 39.7 Å². The van der Waals surface area contributed by atoms with Gasteiger partial charge < -0.3 is 5.11 Å². The van der Waals surface area contributed by atoms with Crippen molar-refractivity contribution < 1.29 is 5.11 Å². The Morgan fingerprint density at radius 2 is 2.00 bits per heavy atom. The van der Waals surface area contributed by atoms with Crippen LogP contribution in [0.5, 0.6) is 0 Å². The average molecular weight is 196 g/mol.